The molecule has 2 atom stereocenters. The molecule has 0 spiro atoms. The first-order chi connectivity index (χ1) is 4.75. The molecule has 4 nitrogen and oxygen atoms in total. The van der Waals surface area contributed by atoms with Gasteiger partial charge in [-0.1, -0.05) is 6.08 Å². The number of hydrogen-bond acceptors (Lipinski definition) is 4. The minimum Gasteiger partial charge on any atom is -0.374 e. The summed E-state index contributed by atoms with van der Waals surface area (Å²) in [5.74, 6) is 0. The van der Waals surface area contributed by atoms with Crippen molar-refractivity contribution in [2.45, 2.75) is 12.5 Å². The Morgan fingerprint density at radius 1 is 1.70 bits per heavy atom. The third kappa shape index (κ3) is 1.35. The van der Waals surface area contributed by atoms with Gasteiger partial charge < -0.3 is 10.2 Å². The summed E-state index contributed by atoms with van der Waals surface area (Å²) in [6.07, 6.45) is 0.0705. The van der Waals surface area contributed by atoms with E-state index in [0.29, 0.717) is 13.2 Å². The Hall–Kier alpha value is -0.420. The molecular weight excluding hydrogens is 132 g/mol. The van der Waals surface area contributed by atoms with Crippen LogP contribution in [-0.4, -0.2) is 40.8 Å². The van der Waals surface area contributed by atoms with E-state index in [-0.39, 0.29) is 0 Å². The summed E-state index contributed by atoms with van der Waals surface area (Å²) in [5, 5.41) is 20.8. The van der Waals surface area contributed by atoms with Crippen LogP contribution in [0.4, 0.5) is 0 Å². The lowest BCUT2D eigenvalue weighted by atomic mass is 10.4. The highest BCUT2D eigenvalue weighted by atomic mass is 16.4. The zero-order valence-electron chi connectivity index (χ0n) is 5.70. The van der Waals surface area contributed by atoms with E-state index in [1.165, 1.54) is 0 Å². The molecule has 0 aromatic heterocycles. The number of nitrogens with zero attached hydrogens (tertiary/aromatic N) is 1. The van der Waals surface area contributed by atoms with Crippen LogP contribution in [-0.2, 0) is 0 Å². The normalized spacial score (nSPS) is 34.6. The lowest BCUT2D eigenvalue weighted by molar-refractivity contribution is -0.0348. The van der Waals surface area contributed by atoms with Crippen LogP contribution in [0.1, 0.15) is 0 Å². The van der Waals surface area contributed by atoms with Gasteiger partial charge in [0.2, 0.25) is 0 Å². The fraction of sp³-hybridized carbons (Fsp3) is 0.667. The SMILES string of the molecule is C=CCN1CNC(O)C1O. The lowest BCUT2D eigenvalue weighted by Crippen LogP contribution is -2.35. The molecule has 0 aromatic rings. The van der Waals surface area contributed by atoms with Gasteiger partial charge in [-0.25, -0.2) is 0 Å². The molecule has 1 rings (SSSR count). The van der Waals surface area contributed by atoms with Gasteiger partial charge in [-0.05, 0) is 0 Å². The number of rotatable bonds is 2. The van der Waals surface area contributed by atoms with Crippen LogP contribution < -0.4 is 5.32 Å². The zero-order valence-corrected chi connectivity index (χ0v) is 5.70. The first-order valence-corrected chi connectivity index (χ1v) is 3.20. The molecule has 0 aliphatic carbocycles. The van der Waals surface area contributed by atoms with Gasteiger partial charge in [-0.3, -0.25) is 10.2 Å². The van der Waals surface area contributed by atoms with Crippen molar-refractivity contribution in [3.63, 3.8) is 0 Å². The second-order valence-corrected chi connectivity index (χ2v) is 2.28. The maximum Gasteiger partial charge on any atom is 0.148 e. The van der Waals surface area contributed by atoms with Crippen molar-refractivity contribution in [2.75, 3.05) is 13.2 Å². The molecule has 4 heteroatoms. The van der Waals surface area contributed by atoms with Crippen LogP contribution in [0.3, 0.4) is 0 Å². The summed E-state index contributed by atoms with van der Waals surface area (Å²) < 4.78 is 0. The zero-order chi connectivity index (χ0) is 7.56. The van der Waals surface area contributed by atoms with Crippen molar-refractivity contribution < 1.29 is 10.2 Å². The third-order valence-electron chi connectivity index (χ3n) is 1.52. The van der Waals surface area contributed by atoms with E-state index in [1.54, 1.807) is 11.0 Å². The molecule has 0 bridgehead atoms. The molecule has 3 N–H and O–H groups in total. The van der Waals surface area contributed by atoms with Crippen LogP contribution >= 0.6 is 0 Å². The van der Waals surface area contributed by atoms with Gasteiger partial charge in [0.1, 0.15) is 12.5 Å². The molecule has 1 aliphatic rings. The monoisotopic (exact) mass is 144 g/mol. The highest BCUT2D eigenvalue weighted by Crippen LogP contribution is 2.05. The maximum absolute atomic E-state index is 9.15. The predicted octanol–water partition coefficient (Wildman–Crippen LogP) is -1.33. The number of aliphatic hydroxyl groups excluding tert-OH is 2. The number of hydrogen-bond donors (Lipinski definition) is 3. The highest BCUT2D eigenvalue weighted by Gasteiger charge is 2.28. The van der Waals surface area contributed by atoms with Crippen LogP contribution in [0.2, 0.25) is 0 Å². The van der Waals surface area contributed by atoms with E-state index >= 15 is 0 Å². The topological polar surface area (TPSA) is 55.7 Å². The van der Waals surface area contributed by atoms with Crippen LogP contribution in [0.15, 0.2) is 12.7 Å². The van der Waals surface area contributed by atoms with Crippen molar-refractivity contribution in [1.82, 2.24) is 10.2 Å². The fourth-order valence-corrected chi connectivity index (χ4v) is 0.948. The molecule has 58 valence electrons. The number of aliphatic hydroxyl groups is 2. The Morgan fingerprint density at radius 2 is 2.40 bits per heavy atom. The molecule has 1 saturated heterocycles. The minimum atomic E-state index is -0.819. The second-order valence-electron chi connectivity index (χ2n) is 2.28. The molecular formula is C6H12N2O2. The molecule has 2 unspecified atom stereocenters. The van der Waals surface area contributed by atoms with Gasteiger partial charge in [0.25, 0.3) is 0 Å². The van der Waals surface area contributed by atoms with Gasteiger partial charge in [0.05, 0.1) is 6.67 Å². The van der Waals surface area contributed by atoms with E-state index in [4.69, 9.17) is 10.2 Å². The molecule has 0 aromatic carbocycles. The van der Waals surface area contributed by atoms with Crippen molar-refractivity contribution in [3.8, 4) is 0 Å². The summed E-state index contributed by atoms with van der Waals surface area (Å²) in [6, 6.07) is 0. The Labute approximate surface area is 59.8 Å². The van der Waals surface area contributed by atoms with E-state index in [9.17, 15) is 0 Å². The van der Waals surface area contributed by atoms with Crippen LogP contribution in [0.5, 0.6) is 0 Å². The first-order valence-electron chi connectivity index (χ1n) is 3.20. The van der Waals surface area contributed by atoms with Crippen molar-refractivity contribution in [2.24, 2.45) is 0 Å². The van der Waals surface area contributed by atoms with Crippen molar-refractivity contribution in [3.05, 3.63) is 12.7 Å². The average Bonchev–Trinajstić information content (AvgIpc) is 2.20. The third-order valence-corrected chi connectivity index (χ3v) is 1.52. The summed E-state index contributed by atoms with van der Waals surface area (Å²) in [7, 11) is 0. The van der Waals surface area contributed by atoms with Crippen LogP contribution in [0, 0.1) is 0 Å². The van der Waals surface area contributed by atoms with Gasteiger partial charge in [-0.15, -0.1) is 6.58 Å². The highest BCUT2D eigenvalue weighted by molar-refractivity contribution is 4.81. The fourth-order valence-electron chi connectivity index (χ4n) is 0.948. The smallest absolute Gasteiger partial charge is 0.148 e. The Balaban J connectivity index is 2.40. The predicted molar refractivity (Wildman–Crippen MR) is 36.9 cm³/mol. The molecule has 0 amide bonds. The van der Waals surface area contributed by atoms with E-state index in [0.717, 1.165) is 0 Å². The van der Waals surface area contributed by atoms with Crippen molar-refractivity contribution in [1.29, 1.82) is 0 Å². The Kier molecular flexibility index (Phi) is 2.39. The lowest BCUT2D eigenvalue weighted by Gasteiger charge is -2.16. The maximum atomic E-state index is 9.15. The Morgan fingerprint density at radius 3 is 2.80 bits per heavy atom. The molecule has 1 fully saturated rings. The van der Waals surface area contributed by atoms with Gasteiger partial charge in [-0.2, -0.15) is 0 Å². The van der Waals surface area contributed by atoms with Crippen molar-refractivity contribution >= 4 is 0 Å². The average molecular weight is 144 g/mol. The number of nitrogens with one attached hydrogen (secondary N) is 1. The quantitative estimate of drug-likeness (QED) is 0.420. The largest absolute Gasteiger partial charge is 0.374 e. The van der Waals surface area contributed by atoms with Crippen LogP contribution in [0.25, 0.3) is 0 Å². The molecule has 0 saturated carbocycles. The summed E-state index contributed by atoms with van der Waals surface area (Å²) >= 11 is 0. The standard InChI is InChI=1S/C6H12N2O2/c1-2-3-8-4-7-5(9)6(8)10/h2,5-7,9-10H,1,3-4H2. The van der Waals surface area contributed by atoms with E-state index in [1.807, 2.05) is 0 Å². The second kappa shape index (κ2) is 3.12. The minimum absolute atomic E-state index is 0.508. The van der Waals surface area contributed by atoms with Gasteiger partial charge >= 0.3 is 0 Å². The van der Waals surface area contributed by atoms with Gasteiger partial charge in [0.15, 0.2) is 0 Å². The van der Waals surface area contributed by atoms with Gasteiger partial charge in [0, 0.05) is 6.54 Å². The first kappa shape index (κ1) is 7.68. The van der Waals surface area contributed by atoms with E-state index in [2.05, 4.69) is 11.9 Å². The molecule has 10 heavy (non-hydrogen) atoms. The summed E-state index contributed by atoms with van der Waals surface area (Å²) in [4.78, 5) is 1.68. The Bertz CT molecular complexity index is 129. The summed E-state index contributed by atoms with van der Waals surface area (Å²) in [6.45, 7) is 4.62. The molecule has 0 radical (unpaired) electrons. The summed E-state index contributed by atoms with van der Waals surface area (Å²) in [5.41, 5.74) is 0. The van der Waals surface area contributed by atoms with E-state index < -0.39 is 12.5 Å². The molecule has 1 aliphatic heterocycles. The molecule has 1 heterocycles.